The predicted molar refractivity (Wildman–Crippen MR) is 76.8 cm³/mol. The fourth-order valence-corrected chi connectivity index (χ4v) is 2.00. The van der Waals surface area contributed by atoms with Gasteiger partial charge in [-0.2, -0.15) is 0 Å². The molecule has 2 aromatic carbocycles. The number of aryl methyl sites for hydroxylation is 1. The second kappa shape index (κ2) is 6.30. The van der Waals surface area contributed by atoms with E-state index in [2.05, 4.69) is 5.32 Å². The molecule has 22 heavy (non-hydrogen) atoms. The smallest absolute Gasteiger partial charge is 0.274 e. The molecule has 0 unspecified atom stereocenters. The minimum Gasteiger partial charge on any atom is -0.322 e. The molecule has 1 amide bonds. The summed E-state index contributed by atoms with van der Waals surface area (Å²) in [5, 5.41) is 13.4. The van der Waals surface area contributed by atoms with Crippen LogP contribution in [0.3, 0.4) is 0 Å². The monoisotopic (exact) mass is 306 g/mol. The minimum atomic E-state index is -0.877. The molecule has 0 aliphatic rings. The quantitative estimate of drug-likeness (QED) is 0.691. The molecule has 0 aliphatic carbocycles. The number of rotatable bonds is 4. The predicted octanol–water partition coefficient (Wildman–Crippen LogP) is 3.69. The van der Waals surface area contributed by atoms with E-state index >= 15 is 0 Å². The van der Waals surface area contributed by atoms with Crippen LogP contribution in [0, 0.1) is 21.7 Å². The van der Waals surface area contributed by atoms with Gasteiger partial charge in [0.1, 0.15) is 11.6 Å². The Labute approximate surface area is 124 Å². The van der Waals surface area contributed by atoms with Crippen molar-refractivity contribution in [3.63, 3.8) is 0 Å². The summed E-state index contributed by atoms with van der Waals surface area (Å²) >= 11 is 0. The lowest BCUT2D eigenvalue weighted by molar-refractivity contribution is -0.385. The van der Waals surface area contributed by atoms with Crippen LogP contribution in [0.5, 0.6) is 0 Å². The van der Waals surface area contributed by atoms with Crippen LogP contribution in [0.15, 0.2) is 36.4 Å². The number of nitrogens with one attached hydrogen (secondary N) is 1. The van der Waals surface area contributed by atoms with E-state index in [1.54, 1.807) is 6.92 Å². The van der Waals surface area contributed by atoms with Gasteiger partial charge < -0.3 is 5.32 Å². The van der Waals surface area contributed by atoms with E-state index in [4.69, 9.17) is 0 Å². The Morgan fingerprint density at radius 1 is 1.18 bits per heavy atom. The van der Waals surface area contributed by atoms with E-state index in [-0.39, 0.29) is 16.9 Å². The van der Waals surface area contributed by atoms with Crippen LogP contribution in [0.25, 0.3) is 0 Å². The zero-order chi connectivity index (χ0) is 16.3. The highest BCUT2D eigenvalue weighted by Crippen LogP contribution is 2.24. The first-order chi connectivity index (χ1) is 10.4. The number of carbonyl (C=O) groups is 1. The van der Waals surface area contributed by atoms with Crippen molar-refractivity contribution in [2.24, 2.45) is 0 Å². The Kier molecular flexibility index (Phi) is 4.45. The maximum absolute atomic E-state index is 13.1. The molecule has 0 saturated carbocycles. The first-order valence-corrected chi connectivity index (χ1v) is 6.45. The van der Waals surface area contributed by atoms with Gasteiger partial charge in [0.2, 0.25) is 0 Å². The second-order valence-corrected chi connectivity index (χ2v) is 4.57. The molecule has 0 spiro atoms. The van der Waals surface area contributed by atoms with Gasteiger partial charge in [-0.05, 0) is 24.6 Å². The maximum atomic E-state index is 13.1. The molecule has 0 saturated heterocycles. The minimum absolute atomic E-state index is 0.120. The lowest BCUT2D eigenvalue weighted by atomic mass is 10.1. The molecule has 0 fully saturated rings. The molecule has 2 aromatic rings. The van der Waals surface area contributed by atoms with Gasteiger partial charge in [-0.25, -0.2) is 8.78 Å². The van der Waals surface area contributed by atoms with E-state index in [0.717, 1.165) is 12.1 Å². The van der Waals surface area contributed by atoms with Gasteiger partial charge in [0.15, 0.2) is 0 Å². The van der Waals surface area contributed by atoms with Crippen molar-refractivity contribution >= 4 is 17.3 Å². The SMILES string of the molecule is CCc1ccc(NC(=O)c2cc(F)cc(F)c2)cc1[N+](=O)[O-]. The van der Waals surface area contributed by atoms with Gasteiger partial charge in [0.05, 0.1) is 4.92 Å². The molecule has 1 N–H and O–H groups in total. The Morgan fingerprint density at radius 3 is 2.36 bits per heavy atom. The number of amides is 1. The van der Waals surface area contributed by atoms with E-state index in [0.29, 0.717) is 18.1 Å². The van der Waals surface area contributed by atoms with Crippen molar-refractivity contribution in [2.45, 2.75) is 13.3 Å². The Bertz CT molecular complexity index is 727. The molecule has 7 heteroatoms. The molecule has 0 radical (unpaired) electrons. The summed E-state index contributed by atoms with van der Waals surface area (Å²) in [7, 11) is 0. The van der Waals surface area contributed by atoms with Gasteiger partial charge >= 0.3 is 0 Å². The number of halogens is 2. The highest BCUT2D eigenvalue weighted by molar-refractivity contribution is 6.04. The molecular formula is C15H12F2N2O3. The van der Waals surface area contributed by atoms with Crippen LogP contribution in [-0.4, -0.2) is 10.8 Å². The first kappa shape index (κ1) is 15.6. The van der Waals surface area contributed by atoms with Gasteiger partial charge in [-0.3, -0.25) is 14.9 Å². The fraction of sp³-hybridized carbons (Fsp3) is 0.133. The number of carbonyl (C=O) groups excluding carboxylic acids is 1. The van der Waals surface area contributed by atoms with Crippen LogP contribution in [-0.2, 0) is 6.42 Å². The second-order valence-electron chi connectivity index (χ2n) is 4.57. The van der Waals surface area contributed by atoms with Crippen molar-refractivity contribution < 1.29 is 18.5 Å². The third-order valence-electron chi connectivity index (χ3n) is 3.05. The Balaban J connectivity index is 2.28. The highest BCUT2D eigenvalue weighted by Gasteiger charge is 2.15. The standard InChI is InChI=1S/C15H12F2N2O3/c1-2-9-3-4-13(8-14(9)19(21)22)18-15(20)10-5-11(16)7-12(17)6-10/h3-8H,2H2,1H3,(H,18,20). The van der Waals surface area contributed by atoms with Crippen molar-refractivity contribution in [1.29, 1.82) is 0 Å². The summed E-state index contributed by atoms with van der Waals surface area (Å²) in [6.07, 6.45) is 0.472. The summed E-state index contributed by atoms with van der Waals surface area (Å²) in [5.74, 6) is -2.51. The summed E-state index contributed by atoms with van der Waals surface area (Å²) in [6, 6.07) is 6.66. The van der Waals surface area contributed by atoms with Gasteiger partial charge in [-0.15, -0.1) is 0 Å². The number of nitro groups is 1. The first-order valence-electron chi connectivity index (χ1n) is 6.45. The summed E-state index contributed by atoms with van der Waals surface area (Å²) < 4.78 is 26.2. The molecule has 0 heterocycles. The molecule has 2 rings (SSSR count). The Morgan fingerprint density at radius 2 is 1.82 bits per heavy atom. The number of nitrogens with zero attached hydrogens (tertiary/aromatic N) is 1. The molecule has 0 atom stereocenters. The molecular weight excluding hydrogens is 294 g/mol. The third kappa shape index (κ3) is 3.43. The molecule has 0 aliphatic heterocycles. The summed E-state index contributed by atoms with van der Waals surface area (Å²) in [5.41, 5.74) is 0.379. The normalized spacial score (nSPS) is 10.3. The molecule has 0 bridgehead atoms. The van der Waals surface area contributed by atoms with Gasteiger partial charge in [0.25, 0.3) is 11.6 Å². The fourth-order valence-electron chi connectivity index (χ4n) is 2.00. The number of hydrogen-bond donors (Lipinski definition) is 1. The van der Waals surface area contributed by atoms with Crippen LogP contribution in [0.1, 0.15) is 22.8 Å². The van der Waals surface area contributed by atoms with E-state index in [9.17, 15) is 23.7 Å². The zero-order valence-corrected chi connectivity index (χ0v) is 11.6. The van der Waals surface area contributed by atoms with Gasteiger partial charge in [0, 0.05) is 28.9 Å². The van der Waals surface area contributed by atoms with E-state index < -0.39 is 22.5 Å². The molecule has 114 valence electrons. The third-order valence-corrected chi connectivity index (χ3v) is 3.05. The van der Waals surface area contributed by atoms with Crippen molar-refractivity contribution in [2.75, 3.05) is 5.32 Å². The lowest BCUT2D eigenvalue weighted by Crippen LogP contribution is -2.13. The van der Waals surface area contributed by atoms with E-state index in [1.165, 1.54) is 18.2 Å². The molecule has 5 nitrogen and oxygen atoms in total. The van der Waals surface area contributed by atoms with Crippen molar-refractivity contribution in [1.82, 2.24) is 0 Å². The largest absolute Gasteiger partial charge is 0.322 e. The van der Waals surface area contributed by atoms with E-state index in [1.807, 2.05) is 0 Å². The number of hydrogen-bond acceptors (Lipinski definition) is 3. The van der Waals surface area contributed by atoms with Crippen LogP contribution < -0.4 is 5.32 Å². The number of nitro benzene ring substituents is 1. The van der Waals surface area contributed by atoms with Crippen LogP contribution in [0.4, 0.5) is 20.2 Å². The summed E-state index contributed by atoms with van der Waals surface area (Å²) in [4.78, 5) is 22.4. The van der Waals surface area contributed by atoms with Crippen LogP contribution in [0.2, 0.25) is 0 Å². The topological polar surface area (TPSA) is 72.2 Å². The molecule has 0 aromatic heterocycles. The van der Waals surface area contributed by atoms with Crippen LogP contribution >= 0.6 is 0 Å². The number of benzene rings is 2. The zero-order valence-electron chi connectivity index (χ0n) is 11.6. The average molecular weight is 306 g/mol. The van der Waals surface area contributed by atoms with Crippen molar-refractivity contribution in [3.05, 3.63) is 69.3 Å². The number of anilines is 1. The highest BCUT2D eigenvalue weighted by atomic mass is 19.1. The van der Waals surface area contributed by atoms with Gasteiger partial charge in [-0.1, -0.05) is 13.0 Å². The maximum Gasteiger partial charge on any atom is 0.274 e. The summed E-state index contributed by atoms with van der Waals surface area (Å²) in [6.45, 7) is 1.77. The Hall–Kier alpha value is -2.83. The average Bonchev–Trinajstić information content (AvgIpc) is 2.46. The van der Waals surface area contributed by atoms with Crippen molar-refractivity contribution in [3.8, 4) is 0 Å². The lowest BCUT2D eigenvalue weighted by Gasteiger charge is -2.07.